The van der Waals surface area contributed by atoms with Gasteiger partial charge < -0.3 is 9.38 Å². The second kappa shape index (κ2) is 2.16. The second-order valence-corrected chi connectivity index (χ2v) is 3.40. The lowest BCUT2D eigenvalue weighted by Crippen LogP contribution is -1.82. The van der Waals surface area contributed by atoms with Crippen LogP contribution in [0.25, 0.3) is 16.6 Å². The van der Waals surface area contributed by atoms with Gasteiger partial charge in [0.25, 0.3) is 0 Å². The van der Waals surface area contributed by atoms with E-state index in [1.807, 2.05) is 6.07 Å². The Kier molecular flexibility index (Phi) is 1.13. The molecule has 1 N–H and O–H groups in total. The van der Waals surface area contributed by atoms with Crippen LogP contribution in [-0.2, 0) is 0 Å². The molecule has 3 aromatic rings. The van der Waals surface area contributed by atoms with E-state index in [4.69, 9.17) is 0 Å². The molecule has 0 aliphatic carbocycles. The van der Waals surface area contributed by atoms with Crippen molar-refractivity contribution >= 4 is 16.6 Å². The molecular weight excluding hydrogens is 160 g/mol. The number of pyridine rings is 1. The van der Waals surface area contributed by atoms with Crippen LogP contribution in [0.2, 0.25) is 0 Å². The first-order chi connectivity index (χ1) is 6.34. The standard InChI is InChI=1S/C11H10N2/c1-8-6-9-7-10-4-2-3-5-13(10)11(9)12-8/h2-7,12H,1H3. The highest BCUT2D eigenvalue weighted by Gasteiger charge is 2.02. The number of hydrogen-bond acceptors (Lipinski definition) is 0. The van der Waals surface area contributed by atoms with Crippen LogP contribution >= 0.6 is 0 Å². The number of nitrogens with one attached hydrogen (secondary N) is 1. The number of aryl methyl sites for hydroxylation is 1. The molecule has 0 radical (unpaired) electrons. The third-order valence-electron chi connectivity index (χ3n) is 2.40. The fourth-order valence-electron chi connectivity index (χ4n) is 1.84. The Morgan fingerprint density at radius 2 is 2.15 bits per heavy atom. The van der Waals surface area contributed by atoms with E-state index in [1.165, 1.54) is 22.2 Å². The molecule has 0 aliphatic rings. The van der Waals surface area contributed by atoms with Crippen LogP contribution in [0.15, 0.2) is 36.5 Å². The van der Waals surface area contributed by atoms with Gasteiger partial charge in [-0.2, -0.15) is 0 Å². The maximum atomic E-state index is 3.34. The zero-order chi connectivity index (χ0) is 8.84. The third-order valence-corrected chi connectivity index (χ3v) is 2.40. The van der Waals surface area contributed by atoms with E-state index in [0.717, 1.165) is 0 Å². The van der Waals surface area contributed by atoms with Gasteiger partial charge in [-0.1, -0.05) is 6.07 Å². The van der Waals surface area contributed by atoms with Gasteiger partial charge in [0, 0.05) is 22.8 Å². The van der Waals surface area contributed by atoms with Gasteiger partial charge in [0.05, 0.1) is 0 Å². The monoisotopic (exact) mass is 170 g/mol. The van der Waals surface area contributed by atoms with Gasteiger partial charge in [-0.15, -0.1) is 0 Å². The van der Waals surface area contributed by atoms with Crippen molar-refractivity contribution in [1.82, 2.24) is 9.38 Å². The predicted octanol–water partition coefficient (Wildman–Crippen LogP) is 2.73. The van der Waals surface area contributed by atoms with Crippen molar-refractivity contribution in [2.45, 2.75) is 6.92 Å². The minimum atomic E-state index is 1.19. The first kappa shape index (κ1) is 6.78. The van der Waals surface area contributed by atoms with Crippen LogP contribution in [0.4, 0.5) is 0 Å². The molecule has 2 nitrogen and oxygen atoms in total. The van der Waals surface area contributed by atoms with E-state index in [2.05, 4.69) is 46.8 Å². The number of H-pyrrole nitrogens is 1. The molecular formula is C11H10N2. The number of nitrogens with zero attached hydrogens (tertiary/aromatic N) is 1. The molecule has 0 fully saturated rings. The summed E-state index contributed by atoms with van der Waals surface area (Å²) < 4.78 is 2.17. The minimum absolute atomic E-state index is 1.19. The molecule has 2 heteroatoms. The summed E-state index contributed by atoms with van der Waals surface area (Å²) in [5, 5.41) is 1.28. The zero-order valence-electron chi connectivity index (χ0n) is 7.41. The van der Waals surface area contributed by atoms with Gasteiger partial charge in [0.1, 0.15) is 5.65 Å². The number of aromatic amines is 1. The molecule has 0 unspecified atom stereocenters. The van der Waals surface area contributed by atoms with Gasteiger partial charge in [0.15, 0.2) is 0 Å². The lowest BCUT2D eigenvalue weighted by Gasteiger charge is -1.92. The van der Waals surface area contributed by atoms with E-state index < -0.39 is 0 Å². The first-order valence-electron chi connectivity index (χ1n) is 4.40. The Balaban J connectivity index is 2.60. The van der Waals surface area contributed by atoms with Crippen LogP contribution in [0.3, 0.4) is 0 Å². The van der Waals surface area contributed by atoms with Gasteiger partial charge >= 0.3 is 0 Å². The Labute approximate surface area is 75.8 Å². The second-order valence-electron chi connectivity index (χ2n) is 3.40. The Hall–Kier alpha value is -1.70. The maximum Gasteiger partial charge on any atom is 0.122 e. The summed E-state index contributed by atoms with van der Waals surface area (Å²) in [4.78, 5) is 3.34. The Bertz CT molecular complexity index is 572. The molecule has 0 saturated carbocycles. The van der Waals surface area contributed by atoms with Crippen molar-refractivity contribution in [2.24, 2.45) is 0 Å². The molecule has 0 amide bonds. The highest BCUT2D eigenvalue weighted by molar-refractivity contribution is 5.85. The van der Waals surface area contributed by atoms with E-state index >= 15 is 0 Å². The summed E-state index contributed by atoms with van der Waals surface area (Å²) in [7, 11) is 0. The van der Waals surface area contributed by atoms with Gasteiger partial charge in [-0.05, 0) is 31.2 Å². The van der Waals surface area contributed by atoms with Gasteiger partial charge in [-0.3, -0.25) is 0 Å². The molecule has 0 spiro atoms. The molecule has 13 heavy (non-hydrogen) atoms. The zero-order valence-corrected chi connectivity index (χ0v) is 7.41. The van der Waals surface area contributed by atoms with Gasteiger partial charge in [-0.25, -0.2) is 0 Å². The van der Waals surface area contributed by atoms with E-state index in [1.54, 1.807) is 0 Å². The van der Waals surface area contributed by atoms with Crippen molar-refractivity contribution in [3.63, 3.8) is 0 Å². The number of fused-ring (bicyclic) bond motifs is 3. The summed E-state index contributed by atoms with van der Waals surface area (Å²) in [6, 6.07) is 10.6. The highest BCUT2D eigenvalue weighted by Crippen LogP contribution is 2.19. The summed E-state index contributed by atoms with van der Waals surface area (Å²) in [6.07, 6.45) is 2.08. The Morgan fingerprint density at radius 1 is 1.23 bits per heavy atom. The van der Waals surface area contributed by atoms with Crippen LogP contribution in [0, 0.1) is 6.92 Å². The average molecular weight is 170 g/mol. The van der Waals surface area contributed by atoms with E-state index in [0.29, 0.717) is 0 Å². The van der Waals surface area contributed by atoms with Crippen molar-refractivity contribution in [2.75, 3.05) is 0 Å². The molecule has 3 heterocycles. The SMILES string of the molecule is Cc1cc2cc3ccccn3c2[nH]1. The quantitative estimate of drug-likeness (QED) is 0.535. The summed E-state index contributed by atoms with van der Waals surface area (Å²) in [5.74, 6) is 0. The van der Waals surface area contributed by atoms with Crippen molar-refractivity contribution in [3.8, 4) is 0 Å². The molecule has 3 rings (SSSR count). The van der Waals surface area contributed by atoms with Crippen LogP contribution in [0.1, 0.15) is 5.69 Å². The van der Waals surface area contributed by atoms with Crippen LogP contribution < -0.4 is 0 Å². The van der Waals surface area contributed by atoms with Crippen molar-refractivity contribution < 1.29 is 0 Å². The lowest BCUT2D eigenvalue weighted by atomic mass is 10.3. The fraction of sp³-hybridized carbons (Fsp3) is 0.0909. The fourth-order valence-corrected chi connectivity index (χ4v) is 1.84. The molecule has 0 aromatic carbocycles. The smallest absolute Gasteiger partial charge is 0.122 e. The predicted molar refractivity (Wildman–Crippen MR) is 54.0 cm³/mol. The summed E-state index contributed by atoms with van der Waals surface area (Å²) in [6.45, 7) is 2.08. The van der Waals surface area contributed by atoms with E-state index in [9.17, 15) is 0 Å². The van der Waals surface area contributed by atoms with Crippen LogP contribution in [-0.4, -0.2) is 9.38 Å². The maximum absolute atomic E-state index is 3.34. The largest absolute Gasteiger partial charge is 0.345 e. The molecule has 3 aromatic heterocycles. The third kappa shape index (κ3) is 0.827. The molecule has 0 bridgehead atoms. The summed E-state index contributed by atoms with van der Waals surface area (Å²) in [5.41, 5.74) is 3.64. The van der Waals surface area contributed by atoms with Crippen molar-refractivity contribution in [3.05, 3.63) is 42.2 Å². The topological polar surface area (TPSA) is 20.2 Å². The van der Waals surface area contributed by atoms with E-state index in [-0.39, 0.29) is 0 Å². The normalized spacial score (nSPS) is 11.5. The number of aromatic nitrogens is 2. The molecule has 0 aliphatic heterocycles. The highest BCUT2D eigenvalue weighted by atomic mass is 15.0. The number of hydrogen-bond donors (Lipinski definition) is 1. The van der Waals surface area contributed by atoms with Crippen molar-refractivity contribution in [1.29, 1.82) is 0 Å². The molecule has 0 saturated heterocycles. The summed E-state index contributed by atoms with van der Waals surface area (Å²) >= 11 is 0. The minimum Gasteiger partial charge on any atom is -0.345 e. The Morgan fingerprint density at radius 3 is 3.08 bits per heavy atom. The van der Waals surface area contributed by atoms with Crippen LogP contribution in [0.5, 0.6) is 0 Å². The average Bonchev–Trinajstić information content (AvgIpc) is 2.60. The van der Waals surface area contributed by atoms with Gasteiger partial charge in [0.2, 0.25) is 0 Å². The first-order valence-corrected chi connectivity index (χ1v) is 4.40. The lowest BCUT2D eigenvalue weighted by molar-refractivity contribution is 1.18. The molecule has 64 valence electrons. The number of rotatable bonds is 0. The molecule has 0 atom stereocenters.